The molecule has 0 fully saturated rings. The predicted molar refractivity (Wildman–Crippen MR) is 68.9 cm³/mol. The van der Waals surface area contributed by atoms with Crippen LogP contribution in [0.2, 0.25) is 0 Å². The molecule has 0 radical (unpaired) electrons. The van der Waals surface area contributed by atoms with Crippen molar-refractivity contribution in [2.75, 3.05) is 0 Å². The van der Waals surface area contributed by atoms with E-state index < -0.39 is 10.9 Å². The van der Waals surface area contributed by atoms with Crippen LogP contribution in [0, 0.1) is 10.1 Å². The van der Waals surface area contributed by atoms with Crippen molar-refractivity contribution >= 4 is 11.7 Å². The lowest BCUT2D eigenvalue weighted by molar-refractivity contribution is -0.385. The van der Waals surface area contributed by atoms with Crippen LogP contribution in [-0.2, 0) is 11.2 Å². The summed E-state index contributed by atoms with van der Waals surface area (Å²) in [6.07, 6.45) is 0.0763. The van der Waals surface area contributed by atoms with E-state index in [-0.39, 0.29) is 17.9 Å². The predicted octanol–water partition coefficient (Wildman–Crippen LogP) is 2.74. The Kier molecular flexibility index (Phi) is 3.87. The van der Waals surface area contributed by atoms with Gasteiger partial charge in [-0.3, -0.25) is 14.9 Å². The summed E-state index contributed by atoms with van der Waals surface area (Å²) in [5.41, 5.74) is 0.579. The highest BCUT2D eigenvalue weighted by Crippen LogP contribution is 2.26. The Labute approximate surface area is 109 Å². The van der Waals surface area contributed by atoms with Crippen molar-refractivity contribution in [2.45, 2.75) is 6.42 Å². The maximum absolute atomic E-state index is 11.7. The third-order valence-electron chi connectivity index (χ3n) is 2.48. The third kappa shape index (κ3) is 3.38. The summed E-state index contributed by atoms with van der Waals surface area (Å²) in [4.78, 5) is 21.9. The fourth-order valence-corrected chi connectivity index (χ4v) is 1.62. The molecule has 5 nitrogen and oxygen atoms in total. The summed E-state index contributed by atoms with van der Waals surface area (Å²) in [7, 11) is 0. The fraction of sp³-hybridized carbons (Fsp3) is 0.0714. The first-order chi connectivity index (χ1) is 9.16. The molecule has 0 bridgehead atoms. The van der Waals surface area contributed by atoms with Crippen LogP contribution >= 0.6 is 0 Å². The van der Waals surface area contributed by atoms with Crippen LogP contribution in [-0.4, -0.2) is 10.9 Å². The lowest BCUT2D eigenvalue weighted by Gasteiger charge is -2.04. The molecule has 2 aromatic rings. The topological polar surface area (TPSA) is 69.4 Å². The minimum absolute atomic E-state index is 0.0339. The zero-order valence-electron chi connectivity index (χ0n) is 9.98. The summed E-state index contributed by atoms with van der Waals surface area (Å²) in [5, 5.41) is 10.8. The van der Waals surface area contributed by atoms with Gasteiger partial charge in [0, 0.05) is 6.07 Å². The van der Waals surface area contributed by atoms with Crippen molar-refractivity contribution in [1.82, 2.24) is 0 Å². The second kappa shape index (κ2) is 5.77. The molecule has 0 N–H and O–H groups in total. The summed E-state index contributed by atoms with van der Waals surface area (Å²) in [5.74, 6) is -0.561. The van der Waals surface area contributed by atoms with Gasteiger partial charge in [0.2, 0.25) is 5.75 Å². The molecule has 5 heteroatoms. The Morgan fingerprint density at radius 2 is 1.68 bits per heavy atom. The highest BCUT2D eigenvalue weighted by atomic mass is 16.6. The number of rotatable bonds is 4. The molecule has 0 amide bonds. The van der Waals surface area contributed by atoms with Crippen molar-refractivity contribution in [3.8, 4) is 5.75 Å². The Morgan fingerprint density at radius 1 is 1.05 bits per heavy atom. The van der Waals surface area contributed by atoms with Crippen LogP contribution in [0.5, 0.6) is 5.75 Å². The molecule has 0 saturated carbocycles. The molecular weight excluding hydrogens is 246 g/mol. The van der Waals surface area contributed by atoms with Gasteiger partial charge in [0.15, 0.2) is 0 Å². The number of nitro groups is 1. The summed E-state index contributed by atoms with van der Waals surface area (Å²) >= 11 is 0. The second-order valence-corrected chi connectivity index (χ2v) is 3.86. The number of nitro benzene ring substituents is 1. The number of benzene rings is 2. The minimum Gasteiger partial charge on any atom is -0.419 e. The first-order valence-electron chi connectivity index (χ1n) is 5.65. The summed E-state index contributed by atoms with van der Waals surface area (Å²) < 4.78 is 5.03. The van der Waals surface area contributed by atoms with Gasteiger partial charge in [-0.15, -0.1) is 0 Å². The van der Waals surface area contributed by atoms with Crippen molar-refractivity contribution in [2.24, 2.45) is 0 Å². The van der Waals surface area contributed by atoms with Gasteiger partial charge in [-0.25, -0.2) is 0 Å². The molecule has 96 valence electrons. The smallest absolute Gasteiger partial charge is 0.315 e. The Hall–Kier alpha value is -2.69. The molecule has 19 heavy (non-hydrogen) atoms. The number of nitrogens with zero attached hydrogens (tertiary/aromatic N) is 1. The lowest BCUT2D eigenvalue weighted by Crippen LogP contribution is -2.12. The van der Waals surface area contributed by atoms with E-state index in [4.69, 9.17) is 4.74 Å². The monoisotopic (exact) mass is 257 g/mol. The first-order valence-corrected chi connectivity index (χ1v) is 5.65. The molecule has 2 aromatic carbocycles. The van der Waals surface area contributed by atoms with E-state index in [1.165, 1.54) is 18.2 Å². The number of hydrogen-bond donors (Lipinski definition) is 0. The third-order valence-corrected chi connectivity index (χ3v) is 2.48. The van der Waals surface area contributed by atoms with Crippen LogP contribution in [0.4, 0.5) is 5.69 Å². The normalized spacial score (nSPS) is 9.89. The van der Waals surface area contributed by atoms with E-state index in [2.05, 4.69) is 0 Å². The Morgan fingerprint density at radius 3 is 2.37 bits per heavy atom. The van der Waals surface area contributed by atoms with Crippen LogP contribution in [0.3, 0.4) is 0 Å². The van der Waals surface area contributed by atoms with E-state index >= 15 is 0 Å². The number of carbonyl (C=O) groups is 1. The molecule has 0 aliphatic carbocycles. The zero-order valence-corrected chi connectivity index (χ0v) is 9.98. The van der Waals surface area contributed by atoms with Crippen LogP contribution < -0.4 is 4.74 Å². The van der Waals surface area contributed by atoms with Gasteiger partial charge >= 0.3 is 11.7 Å². The van der Waals surface area contributed by atoms with Gasteiger partial charge in [0.1, 0.15) is 0 Å². The summed E-state index contributed by atoms with van der Waals surface area (Å²) in [6.45, 7) is 0. The van der Waals surface area contributed by atoms with Crippen molar-refractivity contribution in [3.05, 3.63) is 70.3 Å². The van der Waals surface area contributed by atoms with Gasteiger partial charge in [0.25, 0.3) is 0 Å². The highest BCUT2D eigenvalue weighted by Gasteiger charge is 2.16. The minimum atomic E-state index is -0.578. The van der Waals surface area contributed by atoms with E-state index in [1.54, 1.807) is 18.2 Å². The first kappa shape index (κ1) is 12.8. The van der Waals surface area contributed by atoms with Gasteiger partial charge < -0.3 is 4.74 Å². The average Bonchev–Trinajstić information content (AvgIpc) is 2.40. The number of esters is 1. The van der Waals surface area contributed by atoms with Gasteiger partial charge in [-0.1, -0.05) is 42.5 Å². The van der Waals surface area contributed by atoms with Gasteiger partial charge in [0.05, 0.1) is 11.3 Å². The molecule has 0 spiro atoms. The summed E-state index contributed by atoms with van der Waals surface area (Å²) in [6, 6.07) is 14.9. The molecule has 0 heterocycles. The fourth-order valence-electron chi connectivity index (χ4n) is 1.62. The molecule has 0 unspecified atom stereocenters. The molecule has 0 saturated heterocycles. The Balaban J connectivity index is 2.09. The number of carbonyl (C=O) groups excluding carboxylic acids is 1. The van der Waals surface area contributed by atoms with Crippen molar-refractivity contribution in [3.63, 3.8) is 0 Å². The highest BCUT2D eigenvalue weighted by molar-refractivity contribution is 5.76. The maximum Gasteiger partial charge on any atom is 0.315 e. The van der Waals surface area contributed by atoms with E-state index in [0.717, 1.165) is 5.56 Å². The van der Waals surface area contributed by atoms with E-state index in [1.807, 2.05) is 18.2 Å². The quantitative estimate of drug-likeness (QED) is 0.365. The Bertz CT molecular complexity index is 595. The van der Waals surface area contributed by atoms with Crippen molar-refractivity contribution in [1.29, 1.82) is 0 Å². The number of hydrogen-bond acceptors (Lipinski definition) is 4. The second-order valence-electron chi connectivity index (χ2n) is 3.86. The van der Waals surface area contributed by atoms with Gasteiger partial charge in [-0.05, 0) is 11.6 Å². The van der Waals surface area contributed by atoms with Gasteiger partial charge in [-0.2, -0.15) is 0 Å². The zero-order chi connectivity index (χ0) is 13.7. The SMILES string of the molecule is O=C(Cc1ccccc1)Oc1ccccc1[N+](=O)[O-]. The molecule has 0 aromatic heterocycles. The lowest BCUT2D eigenvalue weighted by atomic mass is 10.1. The molecular formula is C14H11NO4. The molecule has 0 atom stereocenters. The van der Waals surface area contributed by atoms with E-state index in [0.29, 0.717) is 0 Å². The number of ether oxygens (including phenoxy) is 1. The van der Waals surface area contributed by atoms with Crippen LogP contribution in [0.1, 0.15) is 5.56 Å². The standard InChI is InChI=1S/C14H11NO4/c16-14(10-11-6-2-1-3-7-11)19-13-9-5-4-8-12(13)15(17)18/h1-9H,10H2. The molecule has 2 rings (SSSR count). The molecule has 0 aliphatic heterocycles. The molecule has 0 aliphatic rings. The number of para-hydroxylation sites is 2. The van der Waals surface area contributed by atoms with Crippen LogP contribution in [0.15, 0.2) is 54.6 Å². The maximum atomic E-state index is 11.7. The van der Waals surface area contributed by atoms with Crippen LogP contribution in [0.25, 0.3) is 0 Å². The average molecular weight is 257 g/mol. The largest absolute Gasteiger partial charge is 0.419 e. The van der Waals surface area contributed by atoms with E-state index in [9.17, 15) is 14.9 Å². The van der Waals surface area contributed by atoms with Crippen molar-refractivity contribution < 1.29 is 14.5 Å².